The molecule has 0 aliphatic rings. The van der Waals surface area contributed by atoms with Crippen molar-refractivity contribution in [3.05, 3.63) is 0 Å². The molecule has 0 bridgehead atoms. The zero-order chi connectivity index (χ0) is 14.6. The Balaban J connectivity index is 4.25. The molecule has 2 unspecified atom stereocenters. The fraction of sp³-hybridized carbons (Fsp3) is 0.846. The zero-order valence-corrected chi connectivity index (χ0v) is 12.3. The van der Waals surface area contributed by atoms with E-state index in [0.717, 1.165) is 0 Å². The molecule has 0 aliphatic heterocycles. The van der Waals surface area contributed by atoms with Crippen molar-refractivity contribution in [2.45, 2.75) is 59.6 Å². The van der Waals surface area contributed by atoms with Crippen molar-refractivity contribution in [3.8, 4) is 0 Å². The highest BCUT2D eigenvalue weighted by molar-refractivity contribution is 5.89. The van der Waals surface area contributed by atoms with Crippen LogP contribution in [-0.2, 0) is 9.59 Å². The van der Waals surface area contributed by atoms with E-state index in [0.29, 0.717) is 6.42 Å². The first-order chi connectivity index (χ1) is 7.99. The van der Waals surface area contributed by atoms with Crippen molar-refractivity contribution in [1.29, 1.82) is 0 Å². The van der Waals surface area contributed by atoms with E-state index in [2.05, 4.69) is 10.6 Å². The van der Waals surface area contributed by atoms with Gasteiger partial charge in [-0.2, -0.15) is 0 Å². The Morgan fingerprint density at radius 2 is 1.72 bits per heavy atom. The van der Waals surface area contributed by atoms with Gasteiger partial charge in [0, 0.05) is 12.0 Å². The minimum Gasteiger partial charge on any atom is -0.388 e. The molecule has 0 fully saturated rings. The van der Waals surface area contributed by atoms with E-state index in [1.54, 1.807) is 34.6 Å². The number of carbonyl (C=O) groups is 2. The minimum atomic E-state index is -0.913. The van der Waals surface area contributed by atoms with Gasteiger partial charge in [0.25, 0.3) is 0 Å². The quantitative estimate of drug-likeness (QED) is 0.683. The molecule has 0 aromatic carbocycles. The highest BCUT2D eigenvalue weighted by Gasteiger charge is 2.26. The lowest BCUT2D eigenvalue weighted by molar-refractivity contribution is -0.133. The Labute approximate surface area is 109 Å². The topological polar surface area (TPSA) is 78.4 Å². The second-order valence-electron chi connectivity index (χ2n) is 6.01. The van der Waals surface area contributed by atoms with E-state index in [1.165, 1.54) is 0 Å². The predicted molar refractivity (Wildman–Crippen MR) is 71.0 cm³/mol. The molecule has 2 atom stereocenters. The Morgan fingerprint density at radius 1 is 1.22 bits per heavy atom. The summed E-state index contributed by atoms with van der Waals surface area (Å²) in [6, 6.07) is -0.607. The number of rotatable bonds is 5. The van der Waals surface area contributed by atoms with Crippen LogP contribution in [0.3, 0.4) is 0 Å². The van der Waals surface area contributed by atoms with Crippen LogP contribution in [0, 0.1) is 5.41 Å². The molecule has 0 aromatic heterocycles. The van der Waals surface area contributed by atoms with Gasteiger partial charge >= 0.3 is 0 Å². The summed E-state index contributed by atoms with van der Waals surface area (Å²) in [5.41, 5.74) is -1.44. The first-order valence-electron chi connectivity index (χ1n) is 6.30. The van der Waals surface area contributed by atoms with Crippen molar-refractivity contribution >= 4 is 11.8 Å². The first-order valence-corrected chi connectivity index (χ1v) is 6.30. The van der Waals surface area contributed by atoms with E-state index < -0.39 is 17.1 Å². The summed E-state index contributed by atoms with van der Waals surface area (Å²) in [6.07, 6.45) is 0.552. The molecular formula is C13H26N2O3. The molecule has 2 amide bonds. The number of aliphatic hydroxyl groups is 1. The third kappa shape index (κ3) is 6.00. The van der Waals surface area contributed by atoms with Gasteiger partial charge in [0.1, 0.15) is 6.04 Å². The van der Waals surface area contributed by atoms with Crippen molar-refractivity contribution < 1.29 is 14.7 Å². The van der Waals surface area contributed by atoms with Crippen molar-refractivity contribution in [1.82, 2.24) is 10.6 Å². The molecule has 0 radical (unpaired) electrons. The van der Waals surface area contributed by atoms with E-state index in [4.69, 9.17) is 0 Å². The second kappa shape index (κ2) is 6.18. The monoisotopic (exact) mass is 258 g/mol. The highest BCUT2D eigenvalue weighted by Crippen LogP contribution is 2.12. The zero-order valence-electron chi connectivity index (χ0n) is 12.3. The SMILES string of the molecule is CCC(C)(O)CNC(=O)C(C)NC(=O)C(C)(C)C. The summed E-state index contributed by atoms with van der Waals surface area (Å²) in [6.45, 7) is 10.7. The smallest absolute Gasteiger partial charge is 0.242 e. The Morgan fingerprint density at radius 3 is 2.11 bits per heavy atom. The van der Waals surface area contributed by atoms with Crippen LogP contribution in [0.25, 0.3) is 0 Å². The fourth-order valence-electron chi connectivity index (χ4n) is 1.03. The fourth-order valence-corrected chi connectivity index (χ4v) is 1.03. The lowest BCUT2D eigenvalue weighted by Crippen LogP contribution is -2.50. The van der Waals surface area contributed by atoms with Gasteiger partial charge in [-0.3, -0.25) is 9.59 Å². The molecule has 0 aromatic rings. The summed E-state index contributed by atoms with van der Waals surface area (Å²) in [7, 11) is 0. The molecule has 106 valence electrons. The van der Waals surface area contributed by atoms with Gasteiger partial charge in [0.05, 0.1) is 5.60 Å². The van der Waals surface area contributed by atoms with E-state index in [9.17, 15) is 14.7 Å². The van der Waals surface area contributed by atoms with Crippen molar-refractivity contribution in [3.63, 3.8) is 0 Å². The van der Waals surface area contributed by atoms with Crippen LogP contribution in [0.4, 0.5) is 0 Å². The van der Waals surface area contributed by atoms with Gasteiger partial charge in [-0.1, -0.05) is 27.7 Å². The van der Waals surface area contributed by atoms with Crippen LogP contribution < -0.4 is 10.6 Å². The lowest BCUT2D eigenvalue weighted by atomic mass is 9.95. The van der Waals surface area contributed by atoms with E-state index in [1.807, 2.05) is 6.92 Å². The number of hydrogen-bond donors (Lipinski definition) is 3. The average Bonchev–Trinajstić information content (AvgIpc) is 2.24. The van der Waals surface area contributed by atoms with Crippen molar-refractivity contribution in [2.75, 3.05) is 6.54 Å². The number of amides is 2. The Hall–Kier alpha value is -1.10. The van der Waals surface area contributed by atoms with Crippen LogP contribution in [0.1, 0.15) is 48.0 Å². The molecule has 0 saturated heterocycles. The molecule has 0 aliphatic carbocycles. The molecule has 3 N–H and O–H groups in total. The molecule has 0 heterocycles. The number of carbonyl (C=O) groups excluding carboxylic acids is 2. The van der Waals surface area contributed by atoms with Crippen LogP contribution in [0.5, 0.6) is 0 Å². The Bertz CT molecular complexity index is 306. The lowest BCUT2D eigenvalue weighted by Gasteiger charge is -2.24. The molecule has 0 saturated carbocycles. The second-order valence-corrected chi connectivity index (χ2v) is 6.01. The van der Waals surface area contributed by atoms with E-state index in [-0.39, 0.29) is 18.4 Å². The number of hydrogen-bond acceptors (Lipinski definition) is 3. The molecule has 0 rings (SSSR count). The van der Waals surface area contributed by atoms with Gasteiger partial charge in [-0.05, 0) is 20.3 Å². The third-order valence-corrected chi connectivity index (χ3v) is 2.83. The predicted octanol–water partition coefficient (Wildman–Crippen LogP) is 0.814. The summed E-state index contributed by atoms with van der Waals surface area (Å²) < 4.78 is 0. The minimum absolute atomic E-state index is 0.174. The third-order valence-electron chi connectivity index (χ3n) is 2.83. The summed E-state index contributed by atoms with van der Waals surface area (Å²) in [4.78, 5) is 23.4. The van der Waals surface area contributed by atoms with Gasteiger partial charge in [-0.25, -0.2) is 0 Å². The van der Waals surface area contributed by atoms with Crippen LogP contribution in [-0.4, -0.2) is 35.1 Å². The standard InChI is InChI=1S/C13H26N2O3/c1-7-13(6,18)8-14-10(16)9(2)15-11(17)12(3,4)5/h9,18H,7-8H2,1-6H3,(H,14,16)(H,15,17). The van der Waals surface area contributed by atoms with Crippen LogP contribution in [0.2, 0.25) is 0 Å². The maximum atomic E-state index is 11.7. The highest BCUT2D eigenvalue weighted by atomic mass is 16.3. The molecule has 5 heteroatoms. The largest absolute Gasteiger partial charge is 0.388 e. The molecule has 5 nitrogen and oxygen atoms in total. The van der Waals surface area contributed by atoms with Crippen molar-refractivity contribution in [2.24, 2.45) is 5.41 Å². The summed E-state index contributed by atoms with van der Waals surface area (Å²) in [5, 5.41) is 15.0. The summed E-state index contributed by atoms with van der Waals surface area (Å²) in [5.74, 6) is -0.464. The van der Waals surface area contributed by atoms with Crippen LogP contribution >= 0.6 is 0 Å². The van der Waals surface area contributed by atoms with Gasteiger partial charge < -0.3 is 15.7 Å². The normalized spacial score (nSPS) is 16.6. The maximum absolute atomic E-state index is 11.7. The van der Waals surface area contributed by atoms with Crippen LogP contribution in [0.15, 0.2) is 0 Å². The molecular weight excluding hydrogens is 232 g/mol. The first kappa shape index (κ1) is 16.9. The van der Waals surface area contributed by atoms with Gasteiger partial charge in [-0.15, -0.1) is 0 Å². The molecule has 18 heavy (non-hydrogen) atoms. The number of nitrogens with one attached hydrogen (secondary N) is 2. The van der Waals surface area contributed by atoms with Gasteiger partial charge in [0.15, 0.2) is 0 Å². The average molecular weight is 258 g/mol. The Kier molecular flexibility index (Phi) is 5.80. The maximum Gasteiger partial charge on any atom is 0.242 e. The molecule has 0 spiro atoms. The van der Waals surface area contributed by atoms with E-state index >= 15 is 0 Å². The van der Waals surface area contributed by atoms with Gasteiger partial charge in [0.2, 0.25) is 11.8 Å². The summed E-state index contributed by atoms with van der Waals surface area (Å²) >= 11 is 0.